The minimum Gasteiger partial charge on any atom is -0.206 e. The molecule has 4 nitrogen and oxygen atoms in total. The molecule has 0 aliphatic carbocycles. The van der Waals surface area contributed by atoms with Crippen LogP contribution >= 0.6 is 0 Å². The Balaban J connectivity index is 2.03. The fourth-order valence-electron chi connectivity index (χ4n) is 2.29. The molecular weight excluding hydrogens is 267 g/mol. The Kier molecular flexibility index (Phi) is 3.25. The Morgan fingerprint density at radius 2 is 1.81 bits per heavy atom. The molecule has 0 fully saturated rings. The first kappa shape index (κ1) is 13.4. The maximum atomic E-state index is 14.4. The van der Waals surface area contributed by atoms with Crippen molar-refractivity contribution in [1.29, 1.82) is 0 Å². The van der Waals surface area contributed by atoms with Crippen LogP contribution < -0.4 is 0 Å². The van der Waals surface area contributed by atoms with Gasteiger partial charge in [-0.15, -0.1) is 10.2 Å². The molecule has 3 rings (SSSR count). The summed E-state index contributed by atoms with van der Waals surface area (Å²) in [6, 6.07) is 14.7. The van der Waals surface area contributed by atoms with Crippen molar-refractivity contribution in [2.75, 3.05) is 0 Å². The van der Waals surface area contributed by atoms with E-state index >= 15 is 0 Å². The van der Waals surface area contributed by atoms with Gasteiger partial charge in [0.25, 0.3) is 0 Å². The van der Waals surface area contributed by atoms with Crippen molar-refractivity contribution in [2.45, 2.75) is 19.4 Å². The van der Waals surface area contributed by atoms with Crippen molar-refractivity contribution in [3.05, 3.63) is 66.2 Å². The number of rotatable bonds is 3. The van der Waals surface area contributed by atoms with Gasteiger partial charge in [-0.2, -0.15) is 4.80 Å². The van der Waals surface area contributed by atoms with Crippen LogP contribution in [-0.2, 0) is 5.54 Å². The molecule has 0 saturated heterocycles. The Morgan fingerprint density at radius 1 is 1.05 bits per heavy atom. The van der Waals surface area contributed by atoms with Crippen LogP contribution in [-0.4, -0.2) is 20.2 Å². The highest BCUT2D eigenvalue weighted by Crippen LogP contribution is 2.29. The van der Waals surface area contributed by atoms with E-state index in [4.69, 9.17) is 0 Å². The average molecular weight is 282 g/mol. The Hall–Kier alpha value is -2.56. The normalized spacial score (nSPS) is 11.6. The number of tetrazole rings is 1. The van der Waals surface area contributed by atoms with Gasteiger partial charge in [0, 0.05) is 5.56 Å². The van der Waals surface area contributed by atoms with Gasteiger partial charge in [0.1, 0.15) is 11.4 Å². The van der Waals surface area contributed by atoms with Gasteiger partial charge in [0.2, 0.25) is 0 Å². The molecule has 0 bridgehead atoms. The Morgan fingerprint density at radius 3 is 2.43 bits per heavy atom. The molecule has 0 aliphatic heterocycles. The number of hydrogen-bond donors (Lipinski definition) is 0. The van der Waals surface area contributed by atoms with Gasteiger partial charge in [0.15, 0.2) is 6.33 Å². The predicted octanol–water partition coefficient (Wildman–Crippen LogP) is 3.26. The number of aromatic nitrogens is 4. The maximum absolute atomic E-state index is 14.4. The molecule has 0 amide bonds. The van der Waals surface area contributed by atoms with Crippen molar-refractivity contribution in [1.82, 2.24) is 20.2 Å². The topological polar surface area (TPSA) is 43.6 Å². The number of nitrogens with zero attached hydrogens (tertiary/aromatic N) is 4. The molecule has 0 N–H and O–H groups in total. The lowest BCUT2D eigenvalue weighted by atomic mass is 9.92. The van der Waals surface area contributed by atoms with Crippen LogP contribution in [0.2, 0.25) is 0 Å². The summed E-state index contributed by atoms with van der Waals surface area (Å²) in [5.74, 6) is -0.258. The fraction of sp³-hybridized carbons (Fsp3) is 0.188. The van der Waals surface area contributed by atoms with Crippen LogP contribution in [0.5, 0.6) is 0 Å². The van der Waals surface area contributed by atoms with E-state index in [1.807, 2.05) is 50.2 Å². The molecule has 5 heteroatoms. The van der Waals surface area contributed by atoms with Crippen molar-refractivity contribution in [3.63, 3.8) is 0 Å². The molecule has 0 radical (unpaired) electrons. The zero-order chi connectivity index (χ0) is 14.9. The van der Waals surface area contributed by atoms with Crippen LogP contribution in [0.4, 0.5) is 4.39 Å². The molecule has 0 saturated carbocycles. The molecule has 21 heavy (non-hydrogen) atoms. The molecule has 0 aliphatic rings. The zero-order valence-electron chi connectivity index (χ0n) is 11.9. The molecule has 106 valence electrons. The maximum Gasteiger partial charge on any atom is 0.162 e. The summed E-state index contributed by atoms with van der Waals surface area (Å²) < 4.78 is 14.4. The molecular formula is C16H15FN4. The first-order chi connectivity index (χ1) is 10.1. The third-order valence-electron chi connectivity index (χ3n) is 3.61. The average Bonchev–Trinajstić information content (AvgIpc) is 3.03. The predicted molar refractivity (Wildman–Crippen MR) is 78.1 cm³/mol. The Labute approximate surface area is 122 Å². The van der Waals surface area contributed by atoms with E-state index in [1.165, 1.54) is 17.2 Å². The number of halogens is 1. The highest BCUT2D eigenvalue weighted by Gasteiger charge is 2.26. The molecule has 1 aromatic heterocycles. The summed E-state index contributed by atoms with van der Waals surface area (Å²) in [7, 11) is 0. The van der Waals surface area contributed by atoms with E-state index in [1.54, 1.807) is 6.07 Å². The van der Waals surface area contributed by atoms with Gasteiger partial charge >= 0.3 is 0 Å². The smallest absolute Gasteiger partial charge is 0.162 e. The molecule has 1 heterocycles. The first-order valence-corrected chi connectivity index (χ1v) is 6.68. The highest BCUT2D eigenvalue weighted by molar-refractivity contribution is 5.64. The minimum atomic E-state index is -0.563. The second-order valence-corrected chi connectivity index (χ2v) is 5.34. The SMILES string of the molecule is CC(C)(c1ccc(-c2ccccc2)c(F)c1)n1ncnn1. The summed E-state index contributed by atoms with van der Waals surface area (Å²) in [5.41, 5.74) is 1.67. The fourth-order valence-corrected chi connectivity index (χ4v) is 2.29. The highest BCUT2D eigenvalue weighted by atomic mass is 19.1. The van der Waals surface area contributed by atoms with Crippen molar-refractivity contribution < 1.29 is 4.39 Å². The lowest BCUT2D eigenvalue weighted by Gasteiger charge is -2.24. The summed E-state index contributed by atoms with van der Waals surface area (Å²) >= 11 is 0. The van der Waals surface area contributed by atoms with Crippen LogP contribution in [0.25, 0.3) is 11.1 Å². The van der Waals surface area contributed by atoms with Crippen LogP contribution in [0, 0.1) is 5.82 Å². The van der Waals surface area contributed by atoms with Crippen molar-refractivity contribution in [2.24, 2.45) is 0 Å². The quantitative estimate of drug-likeness (QED) is 0.740. The van der Waals surface area contributed by atoms with Gasteiger partial charge in [-0.1, -0.05) is 42.5 Å². The lowest BCUT2D eigenvalue weighted by Crippen LogP contribution is -2.30. The van der Waals surface area contributed by atoms with Crippen molar-refractivity contribution in [3.8, 4) is 11.1 Å². The third kappa shape index (κ3) is 2.42. The van der Waals surface area contributed by atoms with Gasteiger partial charge in [0.05, 0.1) is 0 Å². The van der Waals surface area contributed by atoms with Crippen LogP contribution in [0.15, 0.2) is 54.9 Å². The number of benzene rings is 2. The van der Waals surface area contributed by atoms with E-state index in [-0.39, 0.29) is 5.82 Å². The first-order valence-electron chi connectivity index (χ1n) is 6.68. The van der Waals surface area contributed by atoms with E-state index in [9.17, 15) is 4.39 Å². The van der Waals surface area contributed by atoms with Crippen molar-refractivity contribution >= 4 is 0 Å². The van der Waals surface area contributed by atoms with Gasteiger partial charge < -0.3 is 0 Å². The number of hydrogen-bond acceptors (Lipinski definition) is 3. The molecule has 2 aromatic carbocycles. The molecule has 0 spiro atoms. The van der Waals surface area contributed by atoms with Gasteiger partial charge in [-0.3, -0.25) is 0 Å². The summed E-state index contributed by atoms with van der Waals surface area (Å²) in [5, 5.41) is 11.7. The van der Waals surface area contributed by atoms with Crippen LogP contribution in [0.1, 0.15) is 19.4 Å². The van der Waals surface area contributed by atoms with E-state index in [2.05, 4.69) is 15.4 Å². The van der Waals surface area contributed by atoms with E-state index in [0.29, 0.717) is 5.56 Å². The van der Waals surface area contributed by atoms with Crippen LogP contribution in [0.3, 0.4) is 0 Å². The minimum absolute atomic E-state index is 0.258. The second kappa shape index (κ2) is 5.09. The van der Waals surface area contributed by atoms with E-state index in [0.717, 1.165) is 11.1 Å². The molecule has 3 aromatic rings. The lowest BCUT2D eigenvalue weighted by molar-refractivity contribution is 0.335. The second-order valence-electron chi connectivity index (χ2n) is 5.34. The Bertz CT molecular complexity index is 736. The monoisotopic (exact) mass is 282 g/mol. The summed E-state index contributed by atoms with van der Waals surface area (Å²) in [6.45, 7) is 3.84. The molecule has 0 atom stereocenters. The molecule has 0 unspecified atom stereocenters. The third-order valence-corrected chi connectivity index (χ3v) is 3.61. The summed E-state index contributed by atoms with van der Waals surface area (Å²) in [6.07, 6.45) is 1.37. The zero-order valence-corrected chi connectivity index (χ0v) is 11.9. The van der Waals surface area contributed by atoms with E-state index < -0.39 is 5.54 Å². The van der Waals surface area contributed by atoms with Gasteiger partial charge in [-0.05, 0) is 36.3 Å². The standard InChI is InChI=1S/C16H15FN4/c1-16(2,21-19-11-18-20-21)13-8-9-14(15(17)10-13)12-6-4-3-5-7-12/h3-11H,1-2H3. The van der Waals surface area contributed by atoms with Gasteiger partial charge in [-0.25, -0.2) is 4.39 Å². The summed E-state index contributed by atoms with van der Waals surface area (Å²) in [4.78, 5) is 1.48. The largest absolute Gasteiger partial charge is 0.206 e.